The van der Waals surface area contributed by atoms with Gasteiger partial charge < -0.3 is 11.1 Å². The molecule has 2 heterocycles. The van der Waals surface area contributed by atoms with Crippen molar-refractivity contribution in [3.63, 3.8) is 0 Å². The Morgan fingerprint density at radius 1 is 1.26 bits per heavy atom. The quantitative estimate of drug-likeness (QED) is 0.520. The van der Waals surface area contributed by atoms with Crippen LogP contribution in [-0.2, 0) is 4.79 Å². The first kappa shape index (κ1) is 17.8. The Labute approximate surface area is 161 Å². The van der Waals surface area contributed by atoms with Gasteiger partial charge in [-0.25, -0.2) is 14.6 Å². The third kappa shape index (κ3) is 3.75. The number of hydrogen-bond acceptors (Lipinski definition) is 6. The van der Waals surface area contributed by atoms with E-state index in [1.165, 1.54) is 24.6 Å². The Morgan fingerprint density at radius 2 is 2.00 bits per heavy atom. The number of hydrogen-bond donors (Lipinski definition) is 2. The van der Waals surface area contributed by atoms with Crippen LogP contribution in [0.5, 0.6) is 0 Å². The smallest absolute Gasteiger partial charge is 0.233 e. The van der Waals surface area contributed by atoms with Gasteiger partial charge in [0.25, 0.3) is 0 Å². The molecule has 140 valence electrons. The van der Waals surface area contributed by atoms with Crippen LogP contribution in [-0.4, -0.2) is 36.9 Å². The number of aromatic nitrogens is 4. The van der Waals surface area contributed by atoms with Crippen molar-refractivity contribution in [2.24, 2.45) is 0 Å². The molecular formula is C19H22N6OS. The molecule has 1 saturated carbocycles. The first-order valence-electron chi connectivity index (χ1n) is 9.15. The second-order valence-corrected chi connectivity index (χ2v) is 8.08. The van der Waals surface area contributed by atoms with Crippen LogP contribution in [0.1, 0.15) is 32.6 Å². The SMILES string of the molecule is CC(Sc1nc(N)c2cnn(-c3ccccc3)c2n1)C(=O)NC1CCCC1. The van der Waals surface area contributed by atoms with Crippen molar-refractivity contribution in [1.29, 1.82) is 0 Å². The number of thioether (sulfide) groups is 1. The zero-order valence-corrected chi connectivity index (χ0v) is 15.9. The summed E-state index contributed by atoms with van der Waals surface area (Å²) in [6.07, 6.45) is 6.17. The Morgan fingerprint density at radius 3 is 2.74 bits per heavy atom. The fourth-order valence-electron chi connectivity index (χ4n) is 3.32. The van der Waals surface area contributed by atoms with Gasteiger partial charge in [-0.15, -0.1) is 0 Å². The Kier molecular flexibility index (Phi) is 4.98. The average molecular weight is 382 g/mol. The predicted octanol–water partition coefficient (Wildman–Crippen LogP) is 2.94. The van der Waals surface area contributed by atoms with Gasteiger partial charge in [-0.1, -0.05) is 42.8 Å². The van der Waals surface area contributed by atoms with Crippen LogP contribution in [0.25, 0.3) is 16.7 Å². The number of nitrogens with zero attached hydrogens (tertiary/aromatic N) is 4. The first-order valence-corrected chi connectivity index (χ1v) is 10.0. The molecule has 0 spiro atoms. The molecule has 0 saturated heterocycles. The van der Waals surface area contributed by atoms with Crippen LogP contribution in [0.4, 0.5) is 5.82 Å². The van der Waals surface area contributed by atoms with Gasteiger partial charge in [-0.3, -0.25) is 4.79 Å². The molecule has 0 aliphatic heterocycles. The van der Waals surface area contributed by atoms with E-state index in [0.717, 1.165) is 18.5 Å². The highest BCUT2D eigenvalue weighted by Crippen LogP contribution is 2.27. The minimum absolute atomic E-state index is 0.0192. The minimum atomic E-state index is -0.296. The molecular weight excluding hydrogens is 360 g/mol. The molecule has 4 rings (SSSR count). The summed E-state index contributed by atoms with van der Waals surface area (Å²) in [6.45, 7) is 1.87. The lowest BCUT2D eigenvalue weighted by atomic mass is 10.2. The van der Waals surface area contributed by atoms with Crippen LogP contribution in [0.3, 0.4) is 0 Å². The van der Waals surface area contributed by atoms with E-state index in [-0.39, 0.29) is 11.2 Å². The van der Waals surface area contributed by atoms with E-state index in [1.807, 2.05) is 37.3 Å². The van der Waals surface area contributed by atoms with E-state index >= 15 is 0 Å². The highest BCUT2D eigenvalue weighted by Gasteiger charge is 2.23. The Balaban J connectivity index is 1.57. The number of fused-ring (bicyclic) bond motifs is 1. The number of nitrogen functional groups attached to an aromatic ring is 1. The molecule has 3 N–H and O–H groups in total. The van der Waals surface area contributed by atoms with Crippen molar-refractivity contribution in [2.75, 3.05) is 5.73 Å². The topological polar surface area (TPSA) is 98.7 Å². The zero-order chi connectivity index (χ0) is 18.8. The van der Waals surface area contributed by atoms with E-state index in [4.69, 9.17) is 5.73 Å². The largest absolute Gasteiger partial charge is 0.383 e. The van der Waals surface area contributed by atoms with Crippen LogP contribution in [0.15, 0.2) is 41.7 Å². The lowest BCUT2D eigenvalue weighted by Crippen LogP contribution is -2.37. The predicted molar refractivity (Wildman–Crippen MR) is 107 cm³/mol. The summed E-state index contributed by atoms with van der Waals surface area (Å²) in [4.78, 5) is 21.4. The average Bonchev–Trinajstić information content (AvgIpc) is 3.32. The van der Waals surface area contributed by atoms with Gasteiger partial charge in [0.15, 0.2) is 10.8 Å². The fraction of sp³-hybridized carbons (Fsp3) is 0.368. The van der Waals surface area contributed by atoms with Crippen molar-refractivity contribution in [1.82, 2.24) is 25.1 Å². The van der Waals surface area contributed by atoms with Gasteiger partial charge in [0, 0.05) is 6.04 Å². The maximum atomic E-state index is 12.5. The molecule has 3 aromatic rings. The molecule has 1 atom stereocenters. The van der Waals surface area contributed by atoms with Gasteiger partial charge in [0.05, 0.1) is 22.5 Å². The number of para-hydroxylation sites is 1. The molecule has 7 nitrogen and oxygen atoms in total. The van der Waals surface area contributed by atoms with E-state index in [2.05, 4.69) is 20.4 Å². The second kappa shape index (κ2) is 7.56. The molecule has 27 heavy (non-hydrogen) atoms. The lowest BCUT2D eigenvalue weighted by Gasteiger charge is -2.16. The number of nitrogens with two attached hydrogens (primary N) is 1. The standard InChI is InChI=1S/C19H22N6OS/c1-12(18(26)22-13-7-5-6-8-13)27-19-23-16(20)15-11-21-25(17(15)24-19)14-9-3-2-4-10-14/h2-4,9-13H,5-8H2,1H3,(H,22,26)(H2,20,23,24). The van der Waals surface area contributed by atoms with Gasteiger partial charge >= 0.3 is 0 Å². The van der Waals surface area contributed by atoms with Crippen molar-refractivity contribution in [3.8, 4) is 5.69 Å². The van der Waals surface area contributed by atoms with Crippen molar-refractivity contribution < 1.29 is 4.79 Å². The number of amides is 1. The summed E-state index contributed by atoms with van der Waals surface area (Å²) in [7, 11) is 0. The molecule has 2 aromatic heterocycles. The van der Waals surface area contributed by atoms with Crippen LogP contribution in [0.2, 0.25) is 0 Å². The first-order chi connectivity index (χ1) is 13.1. The second-order valence-electron chi connectivity index (χ2n) is 6.77. The summed E-state index contributed by atoms with van der Waals surface area (Å²) in [5.41, 5.74) is 7.65. The lowest BCUT2D eigenvalue weighted by molar-refractivity contribution is -0.120. The number of anilines is 1. The van der Waals surface area contributed by atoms with Crippen LogP contribution in [0, 0.1) is 0 Å². The normalized spacial score (nSPS) is 15.9. The monoisotopic (exact) mass is 382 g/mol. The highest BCUT2D eigenvalue weighted by atomic mass is 32.2. The number of carbonyl (C=O) groups is 1. The van der Waals surface area contributed by atoms with Gasteiger partial charge in [-0.05, 0) is 31.9 Å². The molecule has 1 aliphatic carbocycles. The fourth-order valence-corrected chi connectivity index (χ4v) is 4.10. The molecule has 1 unspecified atom stereocenters. The van der Waals surface area contributed by atoms with Crippen LogP contribution >= 0.6 is 11.8 Å². The van der Waals surface area contributed by atoms with E-state index in [9.17, 15) is 4.79 Å². The zero-order valence-electron chi connectivity index (χ0n) is 15.1. The maximum absolute atomic E-state index is 12.5. The van der Waals surface area contributed by atoms with Crippen LogP contribution < -0.4 is 11.1 Å². The number of carbonyl (C=O) groups excluding carboxylic acids is 1. The van der Waals surface area contributed by atoms with Gasteiger partial charge in [0.2, 0.25) is 5.91 Å². The summed E-state index contributed by atoms with van der Waals surface area (Å²) in [5.74, 6) is 0.388. The molecule has 1 aromatic carbocycles. The van der Waals surface area contributed by atoms with E-state index in [0.29, 0.717) is 28.0 Å². The summed E-state index contributed by atoms with van der Waals surface area (Å²) in [6, 6.07) is 10.0. The number of benzene rings is 1. The highest BCUT2D eigenvalue weighted by molar-refractivity contribution is 8.00. The van der Waals surface area contributed by atoms with Crippen molar-refractivity contribution >= 4 is 34.5 Å². The van der Waals surface area contributed by atoms with Crippen molar-refractivity contribution in [3.05, 3.63) is 36.5 Å². The minimum Gasteiger partial charge on any atom is -0.383 e. The van der Waals surface area contributed by atoms with E-state index < -0.39 is 0 Å². The van der Waals surface area contributed by atoms with E-state index in [1.54, 1.807) is 10.9 Å². The summed E-state index contributed by atoms with van der Waals surface area (Å²) < 4.78 is 1.74. The Hall–Kier alpha value is -2.61. The van der Waals surface area contributed by atoms with Crippen molar-refractivity contribution in [2.45, 2.75) is 49.1 Å². The number of nitrogens with one attached hydrogen (secondary N) is 1. The molecule has 8 heteroatoms. The third-order valence-electron chi connectivity index (χ3n) is 4.79. The summed E-state index contributed by atoms with van der Waals surface area (Å²) >= 11 is 1.32. The summed E-state index contributed by atoms with van der Waals surface area (Å²) in [5, 5.41) is 8.40. The van der Waals surface area contributed by atoms with Gasteiger partial charge in [-0.2, -0.15) is 5.10 Å². The molecule has 0 bridgehead atoms. The number of rotatable bonds is 5. The molecule has 1 aliphatic rings. The van der Waals surface area contributed by atoms with Gasteiger partial charge in [0.1, 0.15) is 5.82 Å². The molecule has 1 amide bonds. The maximum Gasteiger partial charge on any atom is 0.233 e. The molecule has 0 radical (unpaired) electrons. The Bertz CT molecular complexity index is 951. The molecule has 1 fully saturated rings. The third-order valence-corrected chi connectivity index (χ3v) is 5.75.